The fourth-order valence-electron chi connectivity index (χ4n) is 1.27. The standard InChI is InChI=1S/C8H13NO2/c10-8(11)4-3-7-9-5-1-2-6-9/h3-4H,1-2,5-7H2,(H,10,11). The summed E-state index contributed by atoms with van der Waals surface area (Å²) in [5.74, 6) is -0.857. The number of carboxylic acid groups (broad SMARTS) is 1. The van der Waals surface area contributed by atoms with E-state index in [-0.39, 0.29) is 0 Å². The maximum Gasteiger partial charge on any atom is 0.328 e. The number of carboxylic acids is 1. The molecule has 0 atom stereocenters. The fraction of sp³-hybridized carbons (Fsp3) is 0.625. The van der Waals surface area contributed by atoms with Crippen LogP contribution in [0.1, 0.15) is 12.8 Å². The van der Waals surface area contributed by atoms with Gasteiger partial charge in [-0.1, -0.05) is 6.08 Å². The van der Waals surface area contributed by atoms with Crippen molar-refractivity contribution in [2.24, 2.45) is 0 Å². The topological polar surface area (TPSA) is 40.5 Å². The normalized spacial score (nSPS) is 19.6. The summed E-state index contributed by atoms with van der Waals surface area (Å²) < 4.78 is 0. The molecule has 1 aliphatic rings. The number of hydrogen-bond donors (Lipinski definition) is 1. The van der Waals surface area contributed by atoms with Gasteiger partial charge in [0.05, 0.1) is 0 Å². The molecule has 0 aromatic rings. The number of rotatable bonds is 3. The molecule has 0 bridgehead atoms. The molecule has 0 aromatic carbocycles. The minimum Gasteiger partial charge on any atom is -0.478 e. The smallest absolute Gasteiger partial charge is 0.328 e. The van der Waals surface area contributed by atoms with Gasteiger partial charge < -0.3 is 5.11 Å². The highest BCUT2D eigenvalue weighted by Gasteiger charge is 2.08. The first-order valence-corrected chi connectivity index (χ1v) is 3.91. The van der Waals surface area contributed by atoms with Gasteiger partial charge in [-0.05, 0) is 25.9 Å². The largest absolute Gasteiger partial charge is 0.478 e. The summed E-state index contributed by atoms with van der Waals surface area (Å²) in [4.78, 5) is 12.3. The number of carbonyl (C=O) groups is 1. The van der Waals surface area contributed by atoms with Gasteiger partial charge in [-0.3, -0.25) is 4.90 Å². The molecule has 1 saturated heterocycles. The fourth-order valence-corrected chi connectivity index (χ4v) is 1.27. The van der Waals surface area contributed by atoms with Crippen molar-refractivity contribution in [3.63, 3.8) is 0 Å². The molecule has 3 nitrogen and oxygen atoms in total. The zero-order valence-electron chi connectivity index (χ0n) is 6.49. The van der Waals surface area contributed by atoms with Crippen LogP contribution in [0.15, 0.2) is 12.2 Å². The predicted octanol–water partition coefficient (Wildman–Crippen LogP) is 0.723. The van der Waals surface area contributed by atoms with E-state index < -0.39 is 5.97 Å². The lowest BCUT2D eigenvalue weighted by molar-refractivity contribution is -0.131. The minimum atomic E-state index is -0.857. The quantitative estimate of drug-likeness (QED) is 0.610. The van der Waals surface area contributed by atoms with E-state index in [1.807, 2.05) is 0 Å². The van der Waals surface area contributed by atoms with Gasteiger partial charge in [0, 0.05) is 12.6 Å². The van der Waals surface area contributed by atoms with Crippen LogP contribution in [0.25, 0.3) is 0 Å². The van der Waals surface area contributed by atoms with Crippen molar-refractivity contribution in [3.05, 3.63) is 12.2 Å². The number of hydrogen-bond acceptors (Lipinski definition) is 2. The van der Waals surface area contributed by atoms with E-state index in [2.05, 4.69) is 4.90 Å². The van der Waals surface area contributed by atoms with E-state index in [1.54, 1.807) is 6.08 Å². The molecule has 1 aliphatic heterocycles. The molecule has 0 radical (unpaired) electrons. The summed E-state index contributed by atoms with van der Waals surface area (Å²) >= 11 is 0. The first-order chi connectivity index (χ1) is 5.29. The van der Waals surface area contributed by atoms with Gasteiger partial charge >= 0.3 is 5.97 Å². The van der Waals surface area contributed by atoms with Crippen LogP contribution in [0.2, 0.25) is 0 Å². The number of likely N-dealkylation sites (tertiary alicyclic amines) is 1. The van der Waals surface area contributed by atoms with Gasteiger partial charge in [0.25, 0.3) is 0 Å². The van der Waals surface area contributed by atoms with Gasteiger partial charge in [0.15, 0.2) is 0 Å². The highest BCUT2D eigenvalue weighted by Crippen LogP contribution is 2.05. The van der Waals surface area contributed by atoms with Crippen molar-refractivity contribution >= 4 is 5.97 Å². The second-order valence-electron chi connectivity index (χ2n) is 2.75. The number of aliphatic carboxylic acids is 1. The Hall–Kier alpha value is -0.830. The van der Waals surface area contributed by atoms with Crippen LogP contribution in [0, 0.1) is 0 Å². The van der Waals surface area contributed by atoms with Gasteiger partial charge in [-0.2, -0.15) is 0 Å². The first-order valence-electron chi connectivity index (χ1n) is 3.91. The van der Waals surface area contributed by atoms with Crippen molar-refractivity contribution in [3.8, 4) is 0 Å². The van der Waals surface area contributed by atoms with Gasteiger partial charge in [0.2, 0.25) is 0 Å². The number of nitrogens with zero attached hydrogens (tertiary/aromatic N) is 1. The molecule has 1 fully saturated rings. The van der Waals surface area contributed by atoms with Gasteiger partial charge in [-0.25, -0.2) is 4.79 Å². The highest BCUT2D eigenvalue weighted by atomic mass is 16.4. The molecule has 3 heteroatoms. The Morgan fingerprint density at radius 3 is 2.64 bits per heavy atom. The molecule has 0 saturated carbocycles. The SMILES string of the molecule is O=C(O)C=CCN1CCCC1. The van der Waals surface area contributed by atoms with E-state index in [4.69, 9.17) is 5.11 Å². The zero-order chi connectivity index (χ0) is 8.10. The zero-order valence-corrected chi connectivity index (χ0v) is 6.49. The summed E-state index contributed by atoms with van der Waals surface area (Å²) in [7, 11) is 0. The van der Waals surface area contributed by atoms with E-state index in [9.17, 15) is 4.79 Å². The third kappa shape index (κ3) is 3.18. The van der Waals surface area contributed by atoms with E-state index >= 15 is 0 Å². The molecule has 0 aromatic heterocycles. The van der Waals surface area contributed by atoms with Crippen LogP contribution in [0.3, 0.4) is 0 Å². The van der Waals surface area contributed by atoms with Crippen LogP contribution in [0.4, 0.5) is 0 Å². The van der Waals surface area contributed by atoms with E-state index in [0.717, 1.165) is 19.6 Å². The Balaban J connectivity index is 2.15. The van der Waals surface area contributed by atoms with Crippen molar-refractivity contribution < 1.29 is 9.90 Å². The van der Waals surface area contributed by atoms with Crippen LogP contribution in [-0.4, -0.2) is 35.6 Å². The van der Waals surface area contributed by atoms with Crippen LogP contribution >= 0.6 is 0 Å². The molecule has 1 rings (SSSR count). The Morgan fingerprint density at radius 1 is 1.45 bits per heavy atom. The van der Waals surface area contributed by atoms with E-state index in [0.29, 0.717) is 0 Å². The maximum absolute atomic E-state index is 10.1. The third-order valence-corrected chi connectivity index (χ3v) is 1.82. The molecule has 0 unspecified atom stereocenters. The van der Waals surface area contributed by atoms with E-state index in [1.165, 1.54) is 18.9 Å². The van der Waals surface area contributed by atoms with Crippen molar-refractivity contribution in [1.82, 2.24) is 4.90 Å². The highest BCUT2D eigenvalue weighted by molar-refractivity contribution is 5.79. The van der Waals surface area contributed by atoms with Crippen LogP contribution in [-0.2, 0) is 4.79 Å². The Bertz CT molecular complexity index is 159. The molecule has 0 amide bonds. The molecule has 1 heterocycles. The molecule has 11 heavy (non-hydrogen) atoms. The summed E-state index contributed by atoms with van der Waals surface area (Å²) in [6.45, 7) is 3.01. The van der Waals surface area contributed by atoms with Crippen LogP contribution in [0.5, 0.6) is 0 Å². The van der Waals surface area contributed by atoms with Crippen LogP contribution < -0.4 is 0 Å². The second kappa shape index (κ2) is 4.13. The summed E-state index contributed by atoms with van der Waals surface area (Å²) in [6, 6.07) is 0. The predicted molar refractivity (Wildman–Crippen MR) is 42.4 cm³/mol. The average Bonchev–Trinajstić information content (AvgIpc) is 2.39. The minimum absolute atomic E-state index is 0.784. The van der Waals surface area contributed by atoms with Crippen molar-refractivity contribution in [2.75, 3.05) is 19.6 Å². The molecule has 62 valence electrons. The third-order valence-electron chi connectivity index (χ3n) is 1.82. The van der Waals surface area contributed by atoms with Crippen molar-refractivity contribution in [2.45, 2.75) is 12.8 Å². The molecule has 0 spiro atoms. The first kappa shape index (κ1) is 8.27. The molecular formula is C8H13NO2. The van der Waals surface area contributed by atoms with Gasteiger partial charge in [0.1, 0.15) is 0 Å². The molecule has 1 N–H and O–H groups in total. The van der Waals surface area contributed by atoms with Crippen molar-refractivity contribution in [1.29, 1.82) is 0 Å². The van der Waals surface area contributed by atoms with Gasteiger partial charge in [-0.15, -0.1) is 0 Å². The Kier molecular flexibility index (Phi) is 3.11. The Labute approximate surface area is 66.3 Å². The monoisotopic (exact) mass is 155 g/mol. The summed E-state index contributed by atoms with van der Waals surface area (Å²) in [5, 5.41) is 8.28. The lowest BCUT2D eigenvalue weighted by Gasteiger charge is -2.09. The summed E-state index contributed by atoms with van der Waals surface area (Å²) in [6.07, 6.45) is 5.41. The Morgan fingerprint density at radius 2 is 2.09 bits per heavy atom. The lowest BCUT2D eigenvalue weighted by atomic mass is 10.4. The summed E-state index contributed by atoms with van der Waals surface area (Å²) in [5.41, 5.74) is 0. The second-order valence-corrected chi connectivity index (χ2v) is 2.75. The lowest BCUT2D eigenvalue weighted by Crippen LogP contribution is -2.18. The average molecular weight is 155 g/mol. The molecule has 0 aliphatic carbocycles. The maximum atomic E-state index is 10.1. The molecular weight excluding hydrogens is 142 g/mol.